The molecule has 7 rings (SSSR count). The van der Waals surface area contributed by atoms with Gasteiger partial charge in [0.15, 0.2) is 0 Å². The third-order valence-electron chi connectivity index (χ3n) is 7.84. The van der Waals surface area contributed by atoms with E-state index in [0.29, 0.717) is 0 Å². The Morgan fingerprint density at radius 1 is 1.07 bits per heavy atom. The van der Waals surface area contributed by atoms with Gasteiger partial charge >= 0.3 is 0 Å². The van der Waals surface area contributed by atoms with Gasteiger partial charge in [0.25, 0.3) is 0 Å². The Bertz CT molecular complexity index is 869. The van der Waals surface area contributed by atoms with Crippen molar-refractivity contribution in [3.8, 4) is 11.3 Å². The van der Waals surface area contributed by atoms with Gasteiger partial charge in [-0.2, -0.15) is 0 Å². The third kappa shape index (κ3) is 2.72. The Morgan fingerprint density at radius 2 is 1.82 bits per heavy atom. The van der Waals surface area contributed by atoms with Crippen molar-refractivity contribution in [3.05, 3.63) is 36.3 Å². The van der Waals surface area contributed by atoms with E-state index in [1.807, 2.05) is 12.1 Å². The number of hydrogen-bond acceptors (Lipinski definition) is 2. The first kappa shape index (κ1) is 16.8. The minimum absolute atomic E-state index is 0.0990. The molecule has 0 radical (unpaired) electrons. The van der Waals surface area contributed by atoms with E-state index in [1.54, 1.807) is 0 Å². The highest BCUT2D eigenvalue weighted by Crippen LogP contribution is 2.60. The van der Waals surface area contributed by atoms with Gasteiger partial charge in [-0.05, 0) is 81.3 Å². The average molecular weight is 376 g/mol. The van der Waals surface area contributed by atoms with Crippen LogP contribution in [0, 0.1) is 23.2 Å². The van der Waals surface area contributed by atoms with Gasteiger partial charge in [-0.15, -0.1) is 0 Å². The van der Waals surface area contributed by atoms with Crippen LogP contribution in [0.15, 0.2) is 30.5 Å². The number of fused-ring (bicyclic) bond motifs is 1. The summed E-state index contributed by atoms with van der Waals surface area (Å²) in [7, 11) is 0. The van der Waals surface area contributed by atoms with Crippen LogP contribution in [0.1, 0.15) is 57.2 Å². The fraction of sp³-hybridized carbons (Fsp3) is 0.583. The van der Waals surface area contributed by atoms with E-state index in [9.17, 15) is 4.79 Å². The molecule has 0 spiro atoms. The van der Waals surface area contributed by atoms with Crippen molar-refractivity contribution in [2.75, 3.05) is 5.32 Å². The number of anilines is 1. The SMILES string of the molecule is O=C(Nc1cccc(-c2cn3c(n2)CCCC3)c1)C12CC3CC(CC(C3)C1)C2. The summed E-state index contributed by atoms with van der Waals surface area (Å²) in [4.78, 5) is 18.2. The van der Waals surface area contributed by atoms with Gasteiger partial charge in [-0.3, -0.25) is 4.79 Å². The fourth-order valence-electron chi connectivity index (χ4n) is 6.96. The molecule has 4 bridgehead atoms. The molecule has 1 aliphatic heterocycles. The van der Waals surface area contributed by atoms with E-state index in [0.717, 1.165) is 66.9 Å². The van der Waals surface area contributed by atoms with Crippen molar-refractivity contribution in [1.82, 2.24) is 9.55 Å². The maximum atomic E-state index is 13.3. The van der Waals surface area contributed by atoms with Crippen LogP contribution >= 0.6 is 0 Å². The first-order valence-corrected chi connectivity index (χ1v) is 11.1. The second kappa shape index (κ2) is 6.20. The minimum atomic E-state index is -0.0990. The van der Waals surface area contributed by atoms with Crippen molar-refractivity contribution in [2.45, 2.75) is 64.3 Å². The minimum Gasteiger partial charge on any atom is -0.334 e. The molecule has 1 aromatic carbocycles. The summed E-state index contributed by atoms with van der Waals surface area (Å²) in [6.07, 6.45) is 13.2. The maximum Gasteiger partial charge on any atom is 0.230 e. The number of rotatable bonds is 3. The third-order valence-corrected chi connectivity index (χ3v) is 7.84. The normalized spacial score (nSPS) is 32.9. The van der Waals surface area contributed by atoms with Crippen LogP contribution in [0.3, 0.4) is 0 Å². The molecule has 0 saturated heterocycles. The Labute approximate surface area is 166 Å². The molecule has 2 aromatic rings. The zero-order valence-corrected chi connectivity index (χ0v) is 16.5. The lowest BCUT2D eigenvalue weighted by atomic mass is 9.49. The Kier molecular flexibility index (Phi) is 3.72. The summed E-state index contributed by atoms with van der Waals surface area (Å²) in [5.41, 5.74) is 2.95. The van der Waals surface area contributed by atoms with E-state index in [2.05, 4.69) is 28.2 Å². The molecule has 1 aromatic heterocycles. The van der Waals surface area contributed by atoms with E-state index in [4.69, 9.17) is 4.98 Å². The molecule has 28 heavy (non-hydrogen) atoms. The van der Waals surface area contributed by atoms with Gasteiger partial charge in [0, 0.05) is 30.4 Å². The molecule has 4 aliphatic carbocycles. The lowest BCUT2D eigenvalue weighted by molar-refractivity contribution is -0.140. The lowest BCUT2D eigenvalue weighted by Crippen LogP contribution is -2.51. The van der Waals surface area contributed by atoms with E-state index >= 15 is 0 Å². The predicted molar refractivity (Wildman–Crippen MR) is 110 cm³/mol. The average Bonchev–Trinajstić information content (AvgIpc) is 3.11. The summed E-state index contributed by atoms with van der Waals surface area (Å²) in [5.74, 6) is 3.85. The standard InChI is InChI=1S/C24H29N3O/c28-23(24-12-16-8-17(13-24)10-18(9-16)14-24)25-20-5-3-4-19(11-20)21-15-27-7-2-1-6-22(27)26-21/h3-5,11,15-18H,1-2,6-10,12-14H2,(H,25,28). The first-order valence-electron chi connectivity index (χ1n) is 11.1. The predicted octanol–water partition coefficient (Wildman–Crippen LogP) is 5.04. The Morgan fingerprint density at radius 3 is 2.54 bits per heavy atom. The molecule has 1 N–H and O–H groups in total. The van der Waals surface area contributed by atoms with Gasteiger partial charge in [0.05, 0.1) is 11.1 Å². The number of amides is 1. The zero-order chi connectivity index (χ0) is 18.7. The summed E-state index contributed by atoms with van der Waals surface area (Å²) in [6.45, 7) is 1.07. The molecular formula is C24H29N3O. The van der Waals surface area contributed by atoms with Crippen LogP contribution < -0.4 is 5.32 Å². The summed E-state index contributed by atoms with van der Waals surface area (Å²) >= 11 is 0. The van der Waals surface area contributed by atoms with Gasteiger partial charge in [0.1, 0.15) is 5.82 Å². The van der Waals surface area contributed by atoms with Gasteiger partial charge < -0.3 is 9.88 Å². The van der Waals surface area contributed by atoms with Crippen molar-refractivity contribution in [1.29, 1.82) is 0 Å². The lowest BCUT2D eigenvalue weighted by Gasteiger charge is -2.55. The van der Waals surface area contributed by atoms with Crippen LogP contribution in [0.25, 0.3) is 11.3 Å². The van der Waals surface area contributed by atoms with Crippen LogP contribution in [-0.4, -0.2) is 15.5 Å². The highest BCUT2D eigenvalue weighted by atomic mass is 16.2. The van der Waals surface area contributed by atoms with E-state index in [-0.39, 0.29) is 11.3 Å². The van der Waals surface area contributed by atoms with Gasteiger partial charge in [0.2, 0.25) is 5.91 Å². The molecule has 2 heterocycles. The Hall–Kier alpha value is -2.10. The number of aromatic nitrogens is 2. The molecule has 5 aliphatic rings. The number of carbonyl (C=O) groups is 1. The molecule has 4 heteroatoms. The van der Waals surface area contributed by atoms with Gasteiger partial charge in [-0.1, -0.05) is 12.1 Å². The number of aryl methyl sites for hydroxylation is 2. The van der Waals surface area contributed by atoms with Gasteiger partial charge in [-0.25, -0.2) is 4.98 Å². The topological polar surface area (TPSA) is 46.9 Å². The number of benzene rings is 1. The number of nitrogens with zero attached hydrogens (tertiary/aromatic N) is 2. The smallest absolute Gasteiger partial charge is 0.230 e. The largest absolute Gasteiger partial charge is 0.334 e. The summed E-state index contributed by atoms with van der Waals surface area (Å²) in [5, 5.41) is 3.30. The monoisotopic (exact) mass is 375 g/mol. The second-order valence-electron chi connectivity index (χ2n) is 9.93. The number of nitrogens with one attached hydrogen (secondary N) is 1. The number of imidazole rings is 1. The fourth-order valence-corrected chi connectivity index (χ4v) is 6.96. The summed E-state index contributed by atoms with van der Waals surface area (Å²) in [6, 6.07) is 8.28. The quantitative estimate of drug-likeness (QED) is 0.817. The molecule has 4 saturated carbocycles. The molecule has 0 unspecified atom stereocenters. The molecule has 1 amide bonds. The van der Waals surface area contributed by atoms with E-state index < -0.39 is 0 Å². The molecule has 0 atom stereocenters. The van der Waals surface area contributed by atoms with Crippen LogP contribution in [0.2, 0.25) is 0 Å². The van der Waals surface area contributed by atoms with E-state index in [1.165, 1.54) is 37.9 Å². The highest BCUT2D eigenvalue weighted by molar-refractivity contribution is 5.96. The van der Waals surface area contributed by atoms with Crippen LogP contribution in [0.4, 0.5) is 5.69 Å². The van der Waals surface area contributed by atoms with Crippen molar-refractivity contribution in [3.63, 3.8) is 0 Å². The van der Waals surface area contributed by atoms with Crippen LogP contribution in [0.5, 0.6) is 0 Å². The second-order valence-corrected chi connectivity index (χ2v) is 9.93. The maximum absolute atomic E-state index is 13.3. The molecule has 4 nitrogen and oxygen atoms in total. The first-order chi connectivity index (χ1) is 13.7. The van der Waals surface area contributed by atoms with Crippen molar-refractivity contribution >= 4 is 11.6 Å². The highest BCUT2D eigenvalue weighted by Gasteiger charge is 2.54. The molecule has 4 fully saturated rings. The zero-order valence-electron chi connectivity index (χ0n) is 16.5. The van der Waals surface area contributed by atoms with Crippen LogP contribution in [-0.2, 0) is 17.8 Å². The van der Waals surface area contributed by atoms with Crippen molar-refractivity contribution < 1.29 is 4.79 Å². The number of carbonyl (C=O) groups excluding carboxylic acids is 1. The summed E-state index contributed by atoms with van der Waals surface area (Å²) < 4.78 is 2.29. The number of hydrogen-bond donors (Lipinski definition) is 1. The Balaban J connectivity index is 1.24. The molecular weight excluding hydrogens is 346 g/mol. The molecule has 146 valence electrons. The van der Waals surface area contributed by atoms with Crippen molar-refractivity contribution in [2.24, 2.45) is 23.2 Å².